The number of hydrogen-bond donors (Lipinski definition) is 1. The molecule has 0 aromatic carbocycles. The van der Waals surface area contributed by atoms with Gasteiger partial charge in [-0.1, -0.05) is 0 Å². The highest BCUT2D eigenvalue weighted by molar-refractivity contribution is 5.85. The number of nitrogens with zero attached hydrogens (tertiary/aromatic N) is 1. The molecule has 4 heteroatoms. The van der Waals surface area contributed by atoms with Crippen LogP contribution in [0, 0.1) is 0 Å². The smallest absolute Gasteiger partial charge is 0.0247 e. The highest BCUT2D eigenvalue weighted by atomic mass is 35.5. The first-order chi connectivity index (χ1) is 4.38. The summed E-state index contributed by atoms with van der Waals surface area (Å²) >= 11 is 0. The van der Waals surface area contributed by atoms with Crippen molar-refractivity contribution in [2.75, 3.05) is 20.1 Å². The molecule has 11 heavy (non-hydrogen) atoms. The van der Waals surface area contributed by atoms with Crippen molar-refractivity contribution in [3.8, 4) is 0 Å². The van der Waals surface area contributed by atoms with Crippen molar-refractivity contribution in [2.45, 2.75) is 24.9 Å². The van der Waals surface area contributed by atoms with Crippen molar-refractivity contribution < 1.29 is 0 Å². The van der Waals surface area contributed by atoms with E-state index in [9.17, 15) is 0 Å². The van der Waals surface area contributed by atoms with Crippen molar-refractivity contribution >= 4 is 24.8 Å². The van der Waals surface area contributed by atoms with Crippen LogP contribution < -0.4 is 5.32 Å². The van der Waals surface area contributed by atoms with Gasteiger partial charge in [-0.15, -0.1) is 24.8 Å². The van der Waals surface area contributed by atoms with Gasteiger partial charge in [0, 0.05) is 25.2 Å². The van der Waals surface area contributed by atoms with Gasteiger partial charge in [0.15, 0.2) is 0 Å². The zero-order chi connectivity index (χ0) is 6.27. The zero-order valence-electron chi connectivity index (χ0n) is 6.75. The highest BCUT2D eigenvalue weighted by Crippen LogP contribution is 2.26. The molecule has 2 fully saturated rings. The summed E-state index contributed by atoms with van der Waals surface area (Å²) in [6.45, 7) is 2.43. The first-order valence-corrected chi connectivity index (χ1v) is 3.81. The number of halogens is 2. The van der Waals surface area contributed by atoms with E-state index in [1.165, 1.54) is 25.9 Å². The fraction of sp³-hybridized carbons (Fsp3) is 1.00. The van der Waals surface area contributed by atoms with Crippen molar-refractivity contribution in [3.63, 3.8) is 0 Å². The SMILES string of the molecule is CN1CCN[C@@H]2CC[C@H]21.Cl.Cl. The van der Waals surface area contributed by atoms with Crippen LogP contribution in [0.1, 0.15) is 12.8 Å². The predicted molar refractivity (Wildman–Crippen MR) is 51.9 cm³/mol. The van der Waals surface area contributed by atoms with E-state index in [1.807, 2.05) is 0 Å². The monoisotopic (exact) mass is 198 g/mol. The molecule has 1 N–H and O–H groups in total. The van der Waals surface area contributed by atoms with Gasteiger partial charge in [-0.05, 0) is 19.9 Å². The van der Waals surface area contributed by atoms with Crippen molar-refractivity contribution in [1.29, 1.82) is 0 Å². The van der Waals surface area contributed by atoms with Crippen LogP contribution in [0.4, 0.5) is 0 Å². The molecule has 0 aromatic rings. The molecule has 0 radical (unpaired) electrons. The number of rotatable bonds is 0. The van der Waals surface area contributed by atoms with Crippen LogP contribution in [0.2, 0.25) is 0 Å². The lowest BCUT2D eigenvalue weighted by Gasteiger charge is -2.47. The van der Waals surface area contributed by atoms with Crippen LogP contribution >= 0.6 is 24.8 Å². The van der Waals surface area contributed by atoms with E-state index in [1.54, 1.807) is 0 Å². The third-order valence-corrected chi connectivity index (χ3v) is 2.68. The Morgan fingerprint density at radius 2 is 2.00 bits per heavy atom. The minimum Gasteiger partial charge on any atom is -0.311 e. The van der Waals surface area contributed by atoms with Gasteiger partial charge in [-0.25, -0.2) is 0 Å². The maximum Gasteiger partial charge on any atom is 0.0247 e. The normalized spacial score (nSPS) is 35.7. The highest BCUT2D eigenvalue weighted by Gasteiger charge is 2.35. The lowest BCUT2D eigenvalue weighted by Crippen LogP contribution is -2.61. The van der Waals surface area contributed by atoms with E-state index < -0.39 is 0 Å². The number of piperazine rings is 1. The second kappa shape index (κ2) is 4.51. The van der Waals surface area contributed by atoms with E-state index in [0.29, 0.717) is 0 Å². The number of likely N-dealkylation sites (N-methyl/N-ethyl adjacent to an activating group) is 1. The van der Waals surface area contributed by atoms with E-state index in [4.69, 9.17) is 0 Å². The average Bonchev–Trinajstić information content (AvgIpc) is 1.74. The van der Waals surface area contributed by atoms with Gasteiger partial charge in [0.1, 0.15) is 0 Å². The first-order valence-electron chi connectivity index (χ1n) is 3.81. The zero-order valence-corrected chi connectivity index (χ0v) is 8.38. The summed E-state index contributed by atoms with van der Waals surface area (Å²) < 4.78 is 0. The lowest BCUT2D eigenvalue weighted by atomic mass is 9.84. The second-order valence-electron chi connectivity index (χ2n) is 3.19. The minimum atomic E-state index is 0. The van der Waals surface area contributed by atoms with Gasteiger partial charge in [0.05, 0.1) is 0 Å². The summed E-state index contributed by atoms with van der Waals surface area (Å²) in [5.74, 6) is 0. The molecular formula is C7H16Cl2N2. The van der Waals surface area contributed by atoms with Crippen molar-refractivity contribution in [3.05, 3.63) is 0 Å². The minimum absolute atomic E-state index is 0. The Morgan fingerprint density at radius 3 is 2.36 bits per heavy atom. The van der Waals surface area contributed by atoms with Gasteiger partial charge in [-0.3, -0.25) is 0 Å². The van der Waals surface area contributed by atoms with Crippen LogP contribution in [0.25, 0.3) is 0 Å². The summed E-state index contributed by atoms with van der Waals surface area (Å²) in [6, 6.07) is 1.71. The molecule has 2 aliphatic rings. The molecule has 1 aliphatic carbocycles. The molecular weight excluding hydrogens is 183 g/mol. The predicted octanol–water partition coefficient (Wildman–Crippen LogP) is 0.896. The third-order valence-electron chi connectivity index (χ3n) is 2.68. The Balaban J connectivity index is 0.000000500. The quantitative estimate of drug-likeness (QED) is 0.623. The molecule has 1 saturated heterocycles. The van der Waals surface area contributed by atoms with E-state index >= 15 is 0 Å². The molecule has 68 valence electrons. The fourth-order valence-electron chi connectivity index (χ4n) is 1.84. The summed E-state index contributed by atoms with van der Waals surface area (Å²) in [7, 11) is 2.23. The van der Waals surface area contributed by atoms with E-state index in [-0.39, 0.29) is 24.8 Å². The molecule has 0 spiro atoms. The molecule has 0 bridgehead atoms. The Kier molecular flexibility index (Phi) is 4.71. The van der Waals surface area contributed by atoms with E-state index in [2.05, 4.69) is 17.3 Å². The molecule has 0 aromatic heterocycles. The molecule has 1 heterocycles. The Morgan fingerprint density at radius 1 is 1.27 bits per heavy atom. The van der Waals surface area contributed by atoms with Crippen molar-refractivity contribution in [2.24, 2.45) is 0 Å². The largest absolute Gasteiger partial charge is 0.311 e. The molecule has 1 saturated carbocycles. The summed E-state index contributed by atoms with van der Waals surface area (Å²) in [5.41, 5.74) is 0. The van der Waals surface area contributed by atoms with Crippen LogP contribution in [0.3, 0.4) is 0 Å². The van der Waals surface area contributed by atoms with Crippen molar-refractivity contribution in [1.82, 2.24) is 10.2 Å². The number of hydrogen-bond acceptors (Lipinski definition) is 2. The number of nitrogens with one attached hydrogen (secondary N) is 1. The van der Waals surface area contributed by atoms with Gasteiger partial charge in [0.25, 0.3) is 0 Å². The van der Waals surface area contributed by atoms with Crippen LogP contribution in [-0.4, -0.2) is 37.1 Å². The third kappa shape index (κ3) is 2.00. The Labute approximate surface area is 80.5 Å². The molecule has 0 unspecified atom stereocenters. The topological polar surface area (TPSA) is 15.3 Å². The maximum absolute atomic E-state index is 3.51. The van der Waals surface area contributed by atoms with E-state index in [0.717, 1.165) is 12.1 Å². The average molecular weight is 199 g/mol. The Hall–Kier alpha value is 0.500. The van der Waals surface area contributed by atoms with Gasteiger partial charge in [0.2, 0.25) is 0 Å². The second-order valence-corrected chi connectivity index (χ2v) is 3.19. The van der Waals surface area contributed by atoms with Gasteiger partial charge in [-0.2, -0.15) is 0 Å². The molecule has 1 aliphatic heterocycles. The van der Waals surface area contributed by atoms with Crippen LogP contribution in [0.5, 0.6) is 0 Å². The van der Waals surface area contributed by atoms with Crippen LogP contribution in [-0.2, 0) is 0 Å². The standard InChI is InChI=1S/C7H14N2.2ClH/c1-9-5-4-8-6-2-3-7(6)9;;/h6-8H,2-5H2,1H3;2*1H/t6-,7-;;/m1../s1. The Bertz CT molecular complexity index is 115. The van der Waals surface area contributed by atoms with Gasteiger partial charge >= 0.3 is 0 Å². The fourth-order valence-corrected chi connectivity index (χ4v) is 1.84. The lowest BCUT2D eigenvalue weighted by molar-refractivity contribution is 0.0750. The van der Waals surface area contributed by atoms with Gasteiger partial charge < -0.3 is 10.2 Å². The molecule has 2 nitrogen and oxygen atoms in total. The van der Waals surface area contributed by atoms with Crippen LogP contribution in [0.15, 0.2) is 0 Å². The molecule has 2 rings (SSSR count). The first kappa shape index (κ1) is 11.5. The summed E-state index contributed by atoms with van der Waals surface area (Å²) in [4.78, 5) is 2.48. The summed E-state index contributed by atoms with van der Waals surface area (Å²) in [5, 5.41) is 3.51. The molecule has 2 atom stereocenters. The molecule has 0 amide bonds. The maximum atomic E-state index is 3.51. The number of fused-ring (bicyclic) bond motifs is 1. The summed E-state index contributed by atoms with van der Waals surface area (Å²) in [6.07, 6.45) is 2.81.